The number of benzene rings is 2. The molecule has 0 spiro atoms. The number of hydrogen-bond donors (Lipinski definition) is 0. The molecule has 0 saturated carbocycles. The fourth-order valence-corrected chi connectivity index (χ4v) is 3.56. The standard InChI is InChI=1S/C20H20ClN2/c21-17-12-10-16(11-13-17)19-15-23(18-7-3-1-4-8-18)20-9-5-2-6-14-22(19)20/h1,3-4,7-8,10-13,15H,2,5-6,9,14H2/q+1. The fourth-order valence-electron chi connectivity index (χ4n) is 3.43. The Hall–Kier alpha value is -2.06. The fraction of sp³-hybridized carbons (Fsp3) is 0.250. The Morgan fingerprint density at radius 3 is 2.43 bits per heavy atom. The van der Waals surface area contributed by atoms with Crippen LogP contribution in [0.25, 0.3) is 16.9 Å². The molecule has 4 rings (SSSR count). The quantitative estimate of drug-likeness (QED) is 0.598. The lowest BCUT2D eigenvalue weighted by Crippen LogP contribution is -2.38. The summed E-state index contributed by atoms with van der Waals surface area (Å²) in [6.45, 7) is 1.09. The van der Waals surface area contributed by atoms with Crippen molar-refractivity contribution in [3.8, 4) is 16.9 Å². The number of halogens is 1. The first-order valence-electron chi connectivity index (χ1n) is 8.28. The minimum Gasteiger partial charge on any atom is -0.227 e. The third-order valence-corrected chi connectivity index (χ3v) is 4.84. The first kappa shape index (κ1) is 14.5. The molecule has 3 aromatic rings. The molecule has 23 heavy (non-hydrogen) atoms. The van der Waals surface area contributed by atoms with Crippen LogP contribution in [0, 0.1) is 0 Å². The molecule has 0 unspecified atom stereocenters. The predicted octanol–water partition coefficient (Wildman–Crippen LogP) is 4.81. The first-order chi connectivity index (χ1) is 11.3. The summed E-state index contributed by atoms with van der Waals surface area (Å²) in [7, 11) is 0. The molecule has 1 aromatic heterocycles. The van der Waals surface area contributed by atoms with Crippen molar-refractivity contribution in [2.45, 2.75) is 32.2 Å². The van der Waals surface area contributed by atoms with Crippen molar-refractivity contribution in [3.63, 3.8) is 0 Å². The van der Waals surface area contributed by atoms with Gasteiger partial charge < -0.3 is 0 Å². The van der Waals surface area contributed by atoms with Crippen LogP contribution in [-0.2, 0) is 13.0 Å². The lowest BCUT2D eigenvalue weighted by atomic mass is 10.1. The van der Waals surface area contributed by atoms with Gasteiger partial charge in [0, 0.05) is 17.0 Å². The normalized spacial score (nSPS) is 14.3. The van der Waals surface area contributed by atoms with E-state index in [-0.39, 0.29) is 0 Å². The second-order valence-electron chi connectivity index (χ2n) is 6.11. The molecule has 0 saturated heterocycles. The van der Waals surface area contributed by atoms with Gasteiger partial charge in [0.05, 0.1) is 6.54 Å². The van der Waals surface area contributed by atoms with Crippen LogP contribution >= 0.6 is 11.6 Å². The highest BCUT2D eigenvalue weighted by Crippen LogP contribution is 2.24. The monoisotopic (exact) mass is 323 g/mol. The van der Waals surface area contributed by atoms with Crippen LogP contribution in [0.5, 0.6) is 0 Å². The Kier molecular flexibility index (Phi) is 3.92. The van der Waals surface area contributed by atoms with Gasteiger partial charge in [0.15, 0.2) is 5.69 Å². The van der Waals surface area contributed by atoms with E-state index in [1.807, 2.05) is 12.1 Å². The number of fused-ring (bicyclic) bond motifs is 1. The Morgan fingerprint density at radius 2 is 1.65 bits per heavy atom. The minimum atomic E-state index is 0.785. The third kappa shape index (κ3) is 2.79. The zero-order valence-corrected chi connectivity index (χ0v) is 13.8. The summed E-state index contributed by atoms with van der Waals surface area (Å²) in [5.41, 5.74) is 3.74. The topological polar surface area (TPSA) is 8.81 Å². The summed E-state index contributed by atoms with van der Waals surface area (Å²) in [5.74, 6) is 1.40. The molecule has 0 amide bonds. The van der Waals surface area contributed by atoms with Gasteiger partial charge in [0.25, 0.3) is 5.82 Å². The van der Waals surface area contributed by atoms with E-state index in [2.05, 4.69) is 57.8 Å². The molecule has 2 nitrogen and oxygen atoms in total. The summed E-state index contributed by atoms with van der Waals surface area (Å²) in [6, 6.07) is 18.8. The average molecular weight is 324 g/mol. The van der Waals surface area contributed by atoms with Crippen LogP contribution < -0.4 is 4.57 Å². The first-order valence-corrected chi connectivity index (χ1v) is 8.66. The van der Waals surface area contributed by atoms with Gasteiger partial charge in [-0.15, -0.1) is 0 Å². The molecular weight excluding hydrogens is 304 g/mol. The Bertz CT molecular complexity index is 804. The molecule has 2 aromatic carbocycles. The van der Waals surface area contributed by atoms with E-state index in [4.69, 9.17) is 11.6 Å². The molecule has 1 aliphatic heterocycles. The van der Waals surface area contributed by atoms with E-state index < -0.39 is 0 Å². The van der Waals surface area contributed by atoms with Crippen molar-refractivity contribution in [1.82, 2.24) is 4.57 Å². The van der Waals surface area contributed by atoms with Crippen molar-refractivity contribution in [3.05, 3.63) is 71.6 Å². The minimum absolute atomic E-state index is 0.785. The van der Waals surface area contributed by atoms with Gasteiger partial charge in [-0.25, -0.2) is 4.57 Å². The highest BCUT2D eigenvalue weighted by atomic mass is 35.5. The van der Waals surface area contributed by atoms with Gasteiger partial charge in [-0.3, -0.25) is 0 Å². The molecule has 3 heteroatoms. The van der Waals surface area contributed by atoms with Crippen molar-refractivity contribution in [2.75, 3.05) is 0 Å². The van der Waals surface area contributed by atoms with Crippen LogP contribution in [0.15, 0.2) is 60.8 Å². The molecule has 0 aliphatic carbocycles. The second-order valence-corrected chi connectivity index (χ2v) is 6.54. The van der Waals surface area contributed by atoms with Crippen molar-refractivity contribution < 1.29 is 4.57 Å². The predicted molar refractivity (Wildman–Crippen MR) is 94.0 cm³/mol. The maximum absolute atomic E-state index is 6.06. The lowest BCUT2D eigenvalue weighted by Gasteiger charge is -2.03. The number of para-hydroxylation sites is 1. The molecule has 116 valence electrons. The highest BCUT2D eigenvalue weighted by molar-refractivity contribution is 6.30. The number of aromatic nitrogens is 2. The Labute approximate surface area is 142 Å². The number of imidazole rings is 1. The molecule has 2 heterocycles. The number of hydrogen-bond acceptors (Lipinski definition) is 0. The van der Waals surface area contributed by atoms with E-state index in [1.165, 1.54) is 42.0 Å². The summed E-state index contributed by atoms with van der Waals surface area (Å²) in [6.07, 6.45) is 7.21. The van der Waals surface area contributed by atoms with Crippen molar-refractivity contribution >= 4 is 11.6 Å². The molecule has 0 atom stereocenters. The SMILES string of the molecule is Clc1ccc(-c2cn(-c3ccccc3)c3[n+]2CCCCC3)cc1. The summed E-state index contributed by atoms with van der Waals surface area (Å²) in [4.78, 5) is 0. The van der Waals surface area contributed by atoms with Gasteiger partial charge in [-0.05, 0) is 55.7 Å². The second kappa shape index (κ2) is 6.21. The van der Waals surface area contributed by atoms with Crippen LogP contribution in [0.2, 0.25) is 5.02 Å². The zero-order chi connectivity index (χ0) is 15.6. The third-order valence-electron chi connectivity index (χ3n) is 4.59. The largest absolute Gasteiger partial charge is 0.262 e. The molecule has 0 fully saturated rings. The number of nitrogens with zero attached hydrogens (tertiary/aromatic N) is 2. The van der Waals surface area contributed by atoms with E-state index >= 15 is 0 Å². The smallest absolute Gasteiger partial charge is 0.227 e. The van der Waals surface area contributed by atoms with E-state index in [0.717, 1.165) is 18.0 Å². The lowest BCUT2D eigenvalue weighted by molar-refractivity contribution is -0.692. The molecule has 0 N–H and O–H groups in total. The maximum Gasteiger partial charge on any atom is 0.262 e. The van der Waals surface area contributed by atoms with Crippen LogP contribution in [-0.4, -0.2) is 4.57 Å². The zero-order valence-electron chi connectivity index (χ0n) is 13.1. The van der Waals surface area contributed by atoms with Gasteiger partial charge in [0.2, 0.25) is 0 Å². The van der Waals surface area contributed by atoms with Gasteiger partial charge >= 0.3 is 0 Å². The summed E-state index contributed by atoms with van der Waals surface area (Å²) >= 11 is 6.06. The van der Waals surface area contributed by atoms with E-state index in [9.17, 15) is 0 Å². The highest BCUT2D eigenvalue weighted by Gasteiger charge is 2.26. The molecule has 0 bridgehead atoms. The van der Waals surface area contributed by atoms with Crippen molar-refractivity contribution in [2.24, 2.45) is 0 Å². The van der Waals surface area contributed by atoms with Crippen LogP contribution in [0.4, 0.5) is 0 Å². The summed E-state index contributed by atoms with van der Waals surface area (Å²) < 4.78 is 4.85. The van der Waals surface area contributed by atoms with Crippen molar-refractivity contribution in [1.29, 1.82) is 0 Å². The van der Waals surface area contributed by atoms with E-state index in [0.29, 0.717) is 0 Å². The maximum atomic E-state index is 6.06. The average Bonchev–Trinajstić information content (AvgIpc) is 2.78. The Balaban J connectivity index is 1.89. The molecule has 1 aliphatic rings. The van der Waals surface area contributed by atoms with Gasteiger partial charge in [-0.1, -0.05) is 29.8 Å². The van der Waals surface area contributed by atoms with Gasteiger partial charge in [-0.2, -0.15) is 4.57 Å². The number of rotatable bonds is 2. The molecular formula is C20H20ClN2+. The van der Waals surface area contributed by atoms with E-state index in [1.54, 1.807) is 0 Å². The van der Waals surface area contributed by atoms with Gasteiger partial charge in [0.1, 0.15) is 11.9 Å². The molecule has 0 radical (unpaired) electrons. The van der Waals surface area contributed by atoms with Crippen LogP contribution in [0.1, 0.15) is 25.1 Å². The Morgan fingerprint density at radius 1 is 0.870 bits per heavy atom. The summed E-state index contributed by atoms with van der Waals surface area (Å²) in [5, 5.41) is 0.785. The van der Waals surface area contributed by atoms with Crippen LogP contribution in [0.3, 0.4) is 0 Å².